The second-order valence-electron chi connectivity index (χ2n) is 3.35. The van der Waals surface area contributed by atoms with Gasteiger partial charge >= 0.3 is 5.97 Å². The van der Waals surface area contributed by atoms with Crippen molar-refractivity contribution in [2.45, 2.75) is 6.54 Å². The summed E-state index contributed by atoms with van der Waals surface area (Å²) in [5.74, 6) is -1.38. The van der Waals surface area contributed by atoms with E-state index < -0.39 is 5.97 Å². The molecule has 0 saturated carbocycles. The minimum atomic E-state index is -1.08. The van der Waals surface area contributed by atoms with E-state index in [0.717, 1.165) is 11.7 Å². The summed E-state index contributed by atoms with van der Waals surface area (Å²) in [6, 6.07) is 0. The molecule has 2 aromatic rings. The number of imidazole rings is 1. The minimum Gasteiger partial charge on any atom is -0.476 e. The highest BCUT2D eigenvalue weighted by molar-refractivity contribution is 6.99. The summed E-state index contributed by atoms with van der Waals surface area (Å²) in [6.45, 7) is 0.787. The normalized spacial score (nSPS) is 10.2. The van der Waals surface area contributed by atoms with Crippen LogP contribution < -0.4 is 5.32 Å². The van der Waals surface area contributed by atoms with Gasteiger partial charge in [-0.3, -0.25) is 4.79 Å². The molecule has 2 rings (SSSR count). The molecule has 0 aromatic carbocycles. The van der Waals surface area contributed by atoms with Crippen LogP contribution in [0, 0.1) is 0 Å². The first-order valence-electron chi connectivity index (χ1n) is 4.97. The largest absolute Gasteiger partial charge is 0.476 e. The number of rotatable bonds is 5. The third-order valence-corrected chi connectivity index (χ3v) is 2.58. The summed E-state index contributed by atoms with van der Waals surface area (Å²) >= 11 is 0.963. The van der Waals surface area contributed by atoms with Gasteiger partial charge in [0.05, 0.1) is 24.3 Å². The highest BCUT2D eigenvalue weighted by atomic mass is 32.1. The first-order valence-corrected chi connectivity index (χ1v) is 5.70. The summed E-state index contributed by atoms with van der Waals surface area (Å²) < 4.78 is 9.10. The molecule has 0 aliphatic rings. The molecule has 8 nitrogen and oxygen atoms in total. The van der Waals surface area contributed by atoms with Crippen LogP contribution in [0.15, 0.2) is 18.7 Å². The molecule has 94 valence electrons. The van der Waals surface area contributed by atoms with Crippen molar-refractivity contribution in [3.63, 3.8) is 0 Å². The SMILES string of the molecule is O=C(O)c1cn(CCNC(=O)c2cnsn2)cn1. The average Bonchev–Trinajstić information content (AvgIpc) is 3.00. The number of hydrogen-bond acceptors (Lipinski definition) is 6. The van der Waals surface area contributed by atoms with Crippen LogP contribution in [-0.4, -0.2) is 41.8 Å². The smallest absolute Gasteiger partial charge is 0.356 e. The van der Waals surface area contributed by atoms with Crippen molar-refractivity contribution < 1.29 is 14.7 Å². The second kappa shape index (κ2) is 5.36. The average molecular weight is 267 g/mol. The molecule has 0 aliphatic carbocycles. The van der Waals surface area contributed by atoms with E-state index in [1.807, 2.05) is 0 Å². The van der Waals surface area contributed by atoms with Crippen molar-refractivity contribution in [3.05, 3.63) is 30.1 Å². The van der Waals surface area contributed by atoms with E-state index in [9.17, 15) is 9.59 Å². The second-order valence-corrected chi connectivity index (χ2v) is 3.91. The van der Waals surface area contributed by atoms with Gasteiger partial charge in [-0.05, 0) is 0 Å². The van der Waals surface area contributed by atoms with Gasteiger partial charge in [0.25, 0.3) is 5.91 Å². The van der Waals surface area contributed by atoms with E-state index in [-0.39, 0.29) is 17.3 Å². The quantitative estimate of drug-likeness (QED) is 0.780. The standard InChI is InChI=1S/C9H9N5O3S/c15-8(6-3-12-18-13-6)10-1-2-14-4-7(9(16)17)11-5-14/h3-5H,1-2H2,(H,10,15)(H,16,17). The third kappa shape index (κ3) is 2.88. The number of carbonyl (C=O) groups excluding carboxylic acids is 1. The number of amides is 1. The van der Waals surface area contributed by atoms with Crippen molar-refractivity contribution in [3.8, 4) is 0 Å². The molecule has 0 spiro atoms. The van der Waals surface area contributed by atoms with Crippen LogP contribution in [0.5, 0.6) is 0 Å². The Balaban J connectivity index is 1.81. The van der Waals surface area contributed by atoms with Gasteiger partial charge in [0.2, 0.25) is 0 Å². The highest BCUT2D eigenvalue weighted by Crippen LogP contribution is 1.96. The fourth-order valence-corrected chi connectivity index (χ4v) is 1.66. The van der Waals surface area contributed by atoms with E-state index in [0.29, 0.717) is 13.1 Å². The van der Waals surface area contributed by atoms with Crippen molar-refractivity contribution in [2.75, 3.05) is 6.54 Å². The van der Waals surface area contributed by atoms with Gasteiger partial charge in [0.1, 0.15) is 0 Å². The highest BCUT2D eigenvalue weighted by Gasteiger charge is 2.08. The molecule has 2 N–H and O–H groups in total. The molecule has 0 unspecified atom stereocenters. The van der Waals surface area contributed by atoms with E-state index in [4.69, 9.17) is 5.11 Å². The zero-order chi connectivity index (χ0) is 13.0. The van der Waals surface area contributed by atoms with Crippen molar-refractivity contribution in [1.29, 1.82) is 0 Å². The lowest BCUT2D eigenvalue weighted by atomic mass is 10.4. The van der Waals surface area contributed by atoms with Crippen LogP contribution in [-0.2, 0) is 6.54 Å². The van der Waals surface area contributed by atoms with Gasteiger partial charge in [0, 0.05) is 19.3 Å². The summed E-state index contributed by atoms with van der Waals surface area (Å²) in [5, 5.41) is 11.3. The lowest BCUT2D eigenvalue weighted by Crippen LogP contribution is -2.27. The molecule has 1 amide bonds. The molecule has 0 radical (unpaired) electrons. The van der Waals surface area contributed by atoms with E-state index in [1.165, 1.54) is 18.7 Å². The third-order valence-electron chi connectivity index (χ3n) is 2.10. The predicted molar refractivity (Wildman–Crippen MR) is 61.4 cm³/mol. The number of aromatic carboxylic acids is 1. The molecule has 0 bridgehead atoms. The maximum atomic E-state index is 11.5. The molecule has 18 heavy (non-hydrogen) atoms. The molecule has 2 heterocycles. The summed E-state index contributed by atoms with van der Waals surface area (Å²) in [5.41, 5.74) is 0.252. The first kappa shape index (κ1) is 12.2. The number of carboxylic acid groups (broad SMARTS) is 1. The van der Waals surface area contributed by atoms with Gasteiger partial charge in [0.15, 0.2) is 11.4 Å². The van der Waals surface area contributed by atoms with Gasteiger partial charge in [-0.15, -0.1) is 0 Å². The Kier molecular flexibility index (Phi) is 3.63. The Morgan fingerprint density at radius 2 is 2.28 bits per heavy atom. The number of aromatic nitrogens is 4. The molecular formula is C9H9N5O3S. The number of nitrogens with one attached hydrogen (secondary N) is 1. The number of carbonyl (C=O) groups is 2. The Labute approximate surface area is 106 Å². The van der Waals surface area contributed by atoms with Crippen LogP contribution in [0.4, 0.5) is 0 Å². The Hall–Kier alpha value is -2.29. The zero-order valence-corrected chi connectivity index (χ0v) is 9.92. The fraction of sp³-hybridized carbons (Fsp3) is 0.222. The summed E-state index contributed by atoms with van der Waals surface area (Å²) in [6.07, 6.45) is 4.19. The maximum absolute atomic E-state index is 11.5. The topological polar surface area (TPSA) is 110 Å². The van der Waals surface area contributed by atoms with E-state index in [1.54, 1.807) is 4.57 Å². The van der Waals surface area contributed by atoms with E-state index in [2.05, 4.69) is 19.0 Å². The summed E-state index contributed by atoms with van der Waals surface area (Å²) in [7, 11) is 0. The zero-order valence-electron chi connectivity index (χ0n) is 9.11. The van der Waals surface area contributed by atoms with Crippen LogP contribution in [0.2, 0.25) is 0 Å². The predicted octanol–water partition coefficient (Wildman–Crippen LogP) is -0.137. The molecule has 9 heteroatoms. The lowest BCUT2D eigenvalue weighted by Gasteiger charge is -2.03. The Bertz CT molecular complexity index is 550. The first-order chi connectivity index (χ1) is 8.66. The number of nitrogens with zero attached hydrogens (tertiary/aromatic N) is 4. The molecule has 0 saturated heterocycles. The Morgan fingerprint density at radius 1 is 1.44 bits per heavy atom. The van der Waals surface area contributed by atoms with Crippen molar-refractivity contribution in [1.82, 2.24) is 23.6 Å². The molecule has 0 fully saturated rings. The minimum absolute atomic E-state index is 0.0231. The van der Waals surface area contributed by atoms with Crippen molar-refractivity contribution >= 4 is 23.6 Å². The van der Waals surface area contributed by atoms with E-state index >= 15 is 0 Å². The van der Waals surface area contributed by atoms with Gasteiger partial charge < -0.3 is 15.0 Å². The monoisotopic (exact) mass is 267 g/mol. The van der Waals surface area contributed by atoms with Crippen LogP contribution in [0.25, 0.3) is 0 Å². The van der Waals surface area contributed by atoms with Gasteiger partial charge in [-0.1, -0.05) is 0 Å². The van der Waals surface area contributed by atoms with Crippen LogP contribution >= 0.6 is 11.7 Å². The molecular weight excluding hydrogens is 258 g/mol. The number of carboxylic acids is 1. The van der Waals surface area contributed by atoms with Gasteiger partial charge in [-0.25, -0.2) is 9.78 Å². The molecule has 0 aliphatic heterocycles. The summed E-state index contributed by atoms with van der Waals surface area (Å²) in [4.78, 5) is 25.8. The number of hydrogen-bond donors (Lipinski definition) is 2. The van der Waals surface area contributed by atoms with Crippen LogP contribution in [0.1, 0.15) is 21.0 Å². The Morgan fingerprint density at radius 3 is 2.89 bits per heavy atom. The fourth-order valence-electron chi connectivity index (χ4n) is 1.25. The molecule has 2 aromatic heterocycles. The lowest BCUT2D eigenvalue weighted by molar-refractivity contribution is 0.0690. The maximum Gasteiger partial charge on any atom is 0.356 e. The molecule has 0 atom stereocenters. The van der Waals surface area contributed by atoms with Crippen molar-refractivity contribution in [2.24, 2.45) is 0 Å². The van der Waals surface area contributed by atoms with Crippen LogP contribution in [0.3, 0.4) is 0 Å². The van der Waals surface area contributed by atoms with Gasteiger partial charge in [-0.2, -0.15) is 8.75 Å².